The van der Waals surface area contributed by atoms with Crippen molar-refractivity contribution in [2.24, 2.45) is 5.92 Å². The van der Waals surface area contributed by atoms with Crippen molar-refractivity contribution >= 4 is 23.0 Å². The van der Waals surface area contributed by atoms with E-state index in [-0.39, 0.29) is 11.8 Å². The Balaban J connectivity index is 2.18. The summed E-state index contributed by atoms with van der Waals surface area (Å²) in [7, 11) is 1.31. The molecular formula is C16H20N2O4. The molecule has 1 amide bonds. The second-order valence-corrected chi connectivity index (χ2v) is 5.59. The molecule has 0 bridgehead atoms. The van der Waals surface area contributed by atoms with E-state index in [0.717, 1.165) is 0 Å². The first-order chi connectivity index (χ1) is 10.4. The van der Waals surface area contributed by atoms with E-state index < -0.39 is 12.0 Å². The molecule has 1 aromatic carbocycles. The highest BCUT2D eigenvalue weighted by Crippen LogP contribution is 2.17. The van der Waals surface area contributed by atoms with Gasteiger partial charge in [0, 0.05) is 12.5 Å². The van der Waals surface area contributed by atoms with Gasteiger partial charge in [-0.2, -0.15) is 0 Å². The van der Waals surface area contributed by atoms with E-state index in [1.165, 1.54) is 7.11 Å². The van der Waals surface area contributed by atoms with Crippen molar-refractivity contribution in [1.82, 2.24) is 10.3 Å². The molecule has 0 radical (unpaired) electrons. The molecule has 0 aliphatic rings. The molecular weight excluding hydrogens is 284 g/mol. The number of esters is 1. The minimum atomic E-state index is -0.662. The van der Waals surface area contributed by atoms with Gasteiger partial charge in [0.2, 0.25) is 0 Å². The summed E-state index contributed by atoms with van der Waals surface area (Å²) in [6.45, 7) is 5.70. The molecule has 0 aliphatic heterocycles. The van der Waals surface area contributed by atoms with Crippen LogP contribution in [0.4, 0.5) is 0 Å². The number of benzene rings is 1. The fourth-order valence-corrected chi connectivity index (χ4v) is 2.25. The molecule has 0 aliphatic carbocycles. The summed E-state index contributed by atoms with van der Waals surface area (Å²) in [6.07, 6.45) is 0.516. The van der Waals surface area contributed by atoms with Crippen molar-refractivity contribution in [2.75, 3.05) is 7.11 Å². The predicted octanol–water partition coefficient (Wildman–Crippen LogP) is 2.45. The van der Waals surface area contributed by atoms with E-state index in [1.807, 2.05) is 13.8 Å². The molecule has 1 heterocycles. The third kappa shape index (κ3) is 3.63. The Hall–Kier alpha value is -2.37. The maximum atomic E-state index is 12.3. The zero-order valence-electron chi connectivity index (χ0n) is 13.2. The molecule has 0 saturated heterocycles. The van der Waals surface area contributed by atoms with Crippen LogP contribution in [0.1, 0.15) is 36.5 Å². The van der Waals surface area contributed by atoms with Gasteiger partial charge in [0.25, 0.3) is 5.91 Å². The van der Waals surface area contributed by atoms with Crippen LogP contribution >= 0.6 is 0 Å². The number of methoxy groups -OCH3 is 1. The van der Waals surface area contributed by atoms with Crippen LogP contribution in [-0.2, 0) is 9.53 Å². The van der Waals surface area contributed by atoms with Gasteiger partial charge in [-0.25, -0.2) is 9.78 Å². The van der Waals surface area contributed by atoms with Crippen LogP contribution in [-0.4, -0.2) is 30.0 Å². The number of ether oxygens (including phenoxy) is 1. The largest absolute Gasteiger partial charge is 0.467 e. The van der Waals surface area contributed by atoms with E-state index >= 15 is 0 Å². The molecule has 6 heteroatoms. The summed E-state index contributed by atoms with van der Waals surface area (Å²) in [5.41, 5.74) is 1.66. The lowest BCUT2D eigenvalue weighted by Gasteiger charge is -2.18. The van der Waals surface area contributed by atoms with Crippen LogP contribution in [0.5, 0.6) is 0 Å². The number of rotatable bonds is 5. The third-order valence-corrected chi connectivity index (χ3v) is 3.26. The Labute approximate surface area is 128 Å². The minimum Gasteiger partial charge on any atom is -0.467 e. The highest BCUT2D eigenvalue weighted by molar-refractivity contribution is 5.99. The SMILES string of the molecule is COC(=O)C(CC(C)C)NC(=O)c1ccc2nc(C)oc2c1. The standard InChI is InChI=1S/C16H20N2O4/c1-9(2)7-13(16(20)21-4)18-15(19)11-5-6-12-14(8-11)22-10(3)17-12/h5-6,8-9,13H,7H2,1-4H3,(H,18,19). The first-order valence-electron chi connectivity index (χ1n) is 7.16. The average Bonchev–Trinajstić information content (AvgIpc) is 2.84. The van der Waals surface area contributed by atoms with Gasteiger partial charge >= 0.3 is 5.97 Å². The number of nitrogens with one attached hydrogen (secondary N) is 1. The second kappa shape index (κ2) is 6.60. The van der Waals surface area contributed by atoms with Gasteiger partial charge < -0.3 is 14.5 Å². The molecule has 0 spiro atoms. The van der Waals surface area contributed by atoms with Crippen molar-refractivity contribution in [3.8, 4) is 0 Å². The van der Waals surface area contributed by atoms with Crippen LogP contribution in [0, 0.1) is 12.8 Å². The van der Waals surface area contributed by atoms with Crippen LogP contribution in [0.3, 0.4) is 0 Å². The molecule has 1 unspecified atom stereocenters. The topological polar surface area (TPSA) is 81.4 Å². The highest BCUT2D eigenvalue weighted by Gasteiger charge is 2.23. The van der Waals surface area contributed by atoms with Gasteiger partial charge in [0.15, 0.2) is 11.5 Å². The van der Waals surface area contributed by atoms with Crippen molar-refractivity contribution in [1.29, 1.82) is 0 Å². The molecule has 2 aromatic rings. The Morgan fingerprint density at radius 1 is 1.36 bits per heavy atom. The zero-order valence-corrected chi connectivity index (χ0v) is 13.2. The molecule has 0 fully saturated rings. The Bertz CT molecular complexity index is 691. The molecule has 22 heavy (non-hydrogen) atoms. The number of carbonyl (C=O) groups excluding carboxylic acids is 2. The molecule has 2 rings (SSSR count). The van der Waals surface area contributed by atoms with E-state index in [2.05, 4.69) is 10.3 Å². The van der Waals surface area contributed by atoms with Gasteiger partial charge in [-0.15, -0.1) is 0 Å². The fraction of sp³-hybridized carbons (Fsp3) is 0.438. The number of amides is 1. The number of oxazole rings is 1. The quantitative estimate of drug-likeness (QED) is 0.858. The Morgan fingerprint density at radius 3 is 2.73 bits per heavy atom. The van der Waals surface area contributed by atoms with Crippen LogP contribution in [0.2, 0.25) is 0 Å². The molecule has 6 nitrogen and oxygen atoms in total. The maximum Gasteiger partial charge on any atom is 0.328 e. The maximum absolute atomic E-state index is 12.3. The summed E-state index contributed by atoms with van der Waals surface area (Å²) >= 11 is 0. The summed E-state index contributed by atoms with van der Waals surface area (Å²) in [5, 5.41) is 2.71. The van der Waals surface area contributed by atoms with Crippen molar-refractivity contribution in [3.05, 3.63) is 29.7 Å². The van der Waals surface area contributed by atoms with Crippen molar-refractivity contribution in [2.45, 2.75) is 33.2 Å². The summed E-state index contributed by atoms with van der Waals surface area (Å²) in [5.74, 6) is 0.00856. The normalized spacial score (nSPS) is 12.4. The monoisotopic (exact) mass is 304 g/mol. The van der Waals surface area contributed by atoms with Gasteiger partial charge in [-0.05, 0) is 30.5 Å². The molecule has 0 saturated carbocycles. The van der Waals surface area contributed by atoms with Crippen LogP contribution in [0.15, 0.2) is 22.6 Å². The number of carbonyl (C=O) groups is 2. The number of hydrogen-bond donors (Lipinski definition) is 1. The lowest BCUT2D eigenvalue weighted by atomic mass is 10.0. The first kappa shape index (κ1) is 16.0. The fourth-order valence-electron chi connectivity index (χ4n) is 2.25. The molecule has 118 valence electrons. The lowest BCUT2D eigenvalue weighted by Crippen LogP contribution is -2.42. The molecule has 1 aromatic heterocycles. The second-order valence-electron chi connectivity index (χ2n) is 5.59. The van der Waals surface area contributed by atoms with Gasteiger partial charge in [0.1, 0.15) is 11.6 Å². The number of nitrogens with zero attached hydrogens (tertiary/aromatic N) is 1. The van der Waals surface area contributed by atoms with Crippen LogP contribution in [0.25, 0.3) is 11.1 Å². The van der Waals surface area contributed by atoms with Crippen LogP contribution < -0.4 is 5.32 Å². The zero-order chi connectivity index (χ0) is 16.3. The summed E-state index contributed by atoms with van der Waals surface area (Å²) < 4.78 is 10.2. The molecule has 1 N–H and O–H groups in total. The highest BCUT2D eigenvalue weighted by atomic mass is 16.5. The Kier molecular flexibility index (Phi) is 4.80. The van der Waals surface area contributed by atoms with Crippen molar-refractivity contribution in [3.63, 3.8) is 0 Å². The number of aromatic nitrogens is 1. The van der Waals surface area contributed by atoms with E-state index in [0.29, 0.717) is 29.0 Å². The number of aryl methyl sites for hydroxylation is 1. The van der Waals surface area contributed by atoms with E-state index in [9.17, 15) is 9.59 Å². The first-order valence-corrected chi connectivity index (χ1v) is 7.16. The van der Waals surface area contributed by atoms with Gasteiger partial charge in [-0.1, -0.05) is 13.8 Å². The lowest BCUT2D eigenvalue weighted by molar-refractivity contribution is -0.143. The average molecular weight is 304 g/mol. The van der Waals surface area contributed by atoms with Gasteiger partial charge in [0.05, 0.1) is 7.11 Å². The summed E-state index contributed by atoms with van der Waals surface area (Å²) in [4.78, 5) is 28.3. The minimum absolute atomic E-state index is 0.254. The smallest absolute Gasteiger partial charge is 0.328 e. The molecule has 1 atom stereocenters. The number of fused-ring (bicyclic) bond motifs is 1. The Morgan fingerprint density at radius 2 is 2.09 bits per heavy atom. The van der Waals surface area contributed by atoms with E-state index in [1.54, 1.807) is 25.1 Å². The van der Waals surface area contributed by atoms with Gasteiger partial charge in [-0.3, -0.25) is 4.79 Å². The van der Waals surface area contributed by atoms with Crippen molar-refractivity contribution < 1.29 is 18.7 Å². The number of hydrogen-bond acceptors (Lipinski definition) is 5. The summed E-state index contributed by atoms with van der Waals surface area (Å²) in [6, 6.07) is 4.33. The van der Waals surface area contributed by atoms with E-state index in [4.69, 9.17) is 9.15 Å². The third-order valence-electron chi connectivity index (χ3n) is 3.26. The predicted molar refractivity (Wildman–Crippen MR) is 81.5 cm³/mol.